The molecule has 0 bridgehead atoms. The summed E-state index contributed by atoms with van der Waals surface area (Å²) in [5, 5.41) is 9.91. The largest absolute Gasteiger partial charge is 0.487 e. The maximum Gasteiger partial charge on any atom is 0.323 e. The minimum atomic E-state index is -1.21. The van der Waals surface area contributed by atoms with E-state index >= 15 is 0 Å². The molecule has 1 amide bonds. The summed E-state index contributed by atoms with van der Waals surface area (Å²) in [6.45, 7) is 1.23. The summed E-state index contributed by atoms with van der Waals surface area (Å²) in [6, 6.07) is 16.0. The predicted molar refractivity (Wildman–Crippen MR) is 127 cm³/mol. The lowest BCUT2D eigenvalue weighted by Gasteiger charge is -2.24. The third kappa shape index (κ3) is 6.36. The van der Waals surface area contributed by atoms with Crippen LogP contribution < -0.4 is 4.74 Å². The first kappa shape index (κ1) is 24.7. The lowest BCUT2D eigenvalue weighted by molar-refractivity contribution is -0.144. The molecule has 182 valence electrons. The number of carboxylic acid groups (broad SMARTS) is 1. The number of ether oxygens (including phenoxy) is 1. The highest BCUT2D eigenvalue weighted by Crippen LogP contribution is 2.37. The second-order valence-corrected chi connectivity index (χ2v) is 9.51. The van der Waals surface area contributed by atoms with Gasteiger partial charge in [-0.2, -0.15) is 0 Å². The zero-order valence-corrected chi connectivity index (χ0v) is 19.8. The Labute approximate surface area is 206 Å². The van der Waals surface area contributed by atoms with Crippen molar-refractivity contribution in [3.63, 3.8) is 0 Å². The van der Waals surface area contributed by atoms with Crippen molar-refractivity contribution in [3.8, 4) is 5.75 Å². The summed E-state index contributed by atoms with van der Waals surface area (Å²) in [7, 11) is 0. The van der Waals surface area contributed by atoms with E-state index in [9.17, 15) is 23.5 Å². The molecule has 1 N–H and O–H groups in total. The molecule has 0 saturated heterocycles. The van der Waals surface area contributed by atoms with Gasteiger partial charge in [0.2, 0.25) is 5.91 Å². The van der Waals surface area contributed by atoms with Crippen LogP contribution in [-0.2, 0) is 35.4 Å². The van der Waals surface area contributed by atoms with Crippen molar-refractivity contribution >= 4 is 23.5 Å². The Bertz CT molecular complexity index is 1240. The van der Waals surface area contributed by atoms with E-state index in [4.69, 9.17) is 16.3 Å². The highest BCUT2D eigenvalue weighted by atomic mass is 35.5. The summed E-state index contributed by atoms with van der Waals surface area (Å²) < 4.78 is 33.3. The van der Waals surface area contributed by atoms with E-state index in [1.807, 2.05) is 43.3 Å². The number of hydrogen-bond acceptors (Lipinski definition) is 3. The minimum absolute atomic E-state index is 0.0493. The zero-order valence-electron chi connectivity index (χ0n) is 19.1. The zero-order chi connectivity index (χ0) is 25.2. The van der Waals surface area contributed by atoms with Crippen LogP contribution in [0, 0.1) is 11.6 Å². The fourth-order valence-electron chi connectivity index (χ4n) is 4.42. The Morgan fingerprint density at radius 3 is 2.31 bits per heavy atom. The van der Waals surface area contributed by atoms with Crippen molar-refractivity contribution in [1.82, 2.24) is 4.90 Å². The molecule has 0 aliphatic carbocycles. The molecule has 1 unspecified atom stereocenters. The molecule has 8 heteroatoms. The molecular formula is C27H24ClF2NO4. The molecular weight excluding hydrogens is 476 g/mol. The van der Waals surface area contributed by atoms with Crippen molar-refractivity contribution in [2.24, 2.45) is 0 Å². The van der Waals surface area contributed by atoms with Crippen LogP contribution in [0.3, 0.4) is 0 Å². The number of hydrogen-bond donors (Lipinski definition) is 1. The molecule has 3 aromatic carbocycles. The Morgan fingerprint density at radius 2 is 1.66 bits per heavy atom. The minimum Gasteiger partial charge on any atom is -0.487 e. The molecule has 0 saturated carbocycles. The first-order chi connectivity index (χ1) is 16.6. The van der Waals surface area contributed by atoms with Crippen LogP contribution in [0.5, 0.6) is 5.75 Å². The first-order valence-corrected chi connectivity index (χ1v) is 11.5. The molecule has 0 spiro atoms. The Balaban J connectivity index is 1.46. The Hall–Kier alpha value is -3.45. The second kappa shape index (κ2) is 10.0. The third-order valence-electron chi connectivity index (χ3n) is 5.87. The van der Waals surface area contributed by atoms with E-state index in [0.717, 1.165) is 40.0 Å². The van der Waals surface area contributed by atoms with E-state index in [1.54, 1.807) is 6.07 Å². The van der Waals surface area contributed by atoms with E-state index in [2.05, 4.69) is 0 Å². The summed E-state index contributed by atoms with van der Waals surface area (Å²) in [5.41, 5.74) is 2.49. The number of benzene rings is 3. The second-order valence-electron chi connectivity index (χ2n) is 9.07. The number of nitrogens with zero attached hydrogens (tertiary/aromatic N) is 1. The Kier molecular flexibility index (Phi) is 7.08. The van der Waals surface area contributed by atoms with Crippen molar-refractivity contribution < 1.29 is 28.2 Å². The van der Waals surface area contributed by atoms with Crippen LogP contribution in [0.15, 0.2) is 60.7 Å². The number of rotatable bonds is 8. The number of aliphatic carboxylic acids is 1. The van der Waals surface area contributed by atoms with Gasteiger partial charge in [-0.15, -0.1) is 0 Å². The molecule has 3 aromatic rings. The molecule has 1 heterocycles. The van der Waals surface area contributed by atoms with Gasteiger partial charge in [0.25, 0.3) is 0 Å². The maximum absolute atomic E-state index is 13.6. The molecule has 0 aromatic heterocycles. The van der Waals surface area contributed by atoms with Crippen LogP contribution in [0.2, 0.25) is 5.02 Å². The summed E-state index contributed by atoms with van der Waals surface area (Å²) in [6.07, 6.45) is 1.28. The van der Waals surface area contributed by atoms with Crippen molar-refractivity contribution in [3.05, 3.63) is 99.6 Å². The monoisotopic (exact) mass is 499 g/mol. The van der Waals surface area contributed by atoms with E-state index in [-0.39, 0.29) is 18.5 Å². The van der Waals surface area contributed by atoms with Gasteiger partial charge in [-0.1, -0.05) is 35.9 Å². The SMILES string of the molecule is CC1(Cc2ccc(Cl)cc2)Cc2cc(CC(=O)N(CC(=O)O)Cc3cc(F)cc(F)c3)ccc2O1. The quantitative estimate of drug-likeness (QED) is 0.462. The van der Waals surface area contributed by atoms with Gasteiger partial charge in [0.15, 0.2) is 0 Å². The molecule has 0 fully saturated rings. The van der Waals surface area contributed by atoms with E-state index in [1.165, 1.54) is 0 Å². The lowest BCUT2D eigenvalue weighted by atomic mass is 9.91. The predicted octanol–water partition coefficient (Wildman–Crippen LogP) is 5.21. The van der Waals surface area contributed by atoms with Crippen molar-refractivity contribution in [2.75, 3.05) is 6.54 Å². The first-order valence-electron chi connectivity index (χ1n) is 11.1. The molecule has 35 heavy (non-hydrogen) atoms. The fourth-order valence-corrected chi connectivity index (χ4v) is 4.55. The number of carbonyl (C=O) groups excluding carboxylic acids is 1. The standard InChI is InChI=1S/C27H24ClF2NO4/c1-27(13-17-2-5-21(28)6-3-17)14-20-8-18(4-7-24(20)35-27)11-25(32)31(16-26(33)34)15-19-9-22(29)12-23(30)10-19/h2-10,12H,11,13-16H2,1H3,(H,33,34). The number of amides is 1. The average molecular weight is 500 g/mol. The van der Waals surface area contributed by atoms with Gasteiger partial charge in [0.1, 0.15) is 29.5 Å². The topological polar surface area (TPSA) is 66.8 Å². The Morgan fingerprint density at radius 1 is 1.00 bits per heavy atom. The van der Waals surface area contributed by atoms with Gasteiger partial charge in [-0.05, 0) is 59.5 Å². The molecule has 0 radical (unpaired) electrons. The molecule has 5 nitrogen and oxygen atoms in total. The van der Waals surface area contributed by atoms with Gasteiger partial charge in [0, 0.05) is 30.5 Å². The van der Waals surface area contributed by atoms with Crippen molar-refractivity contribution in [1.29, 1.82) is 0 Å². The smallest absolute Gasteiger partial charge is 0.323 e. The summed E-state index contributed by atoms with van der Waals surface area (Å²) in [4.78, 5) is 25.3. The summed E-state index contributed by atoms with van der Waals surface area (Å²) >= 11 is 5.98. The van der Waals surface area contributed by atoms with Gasteiger partial charge in [0.05, 0.1) is 6.42 Å². The van der Waals surface area contributed by atoms with Crippen molar-refractivity contribution in [2.45, 2.75) is 38.3 Å². The lowest BCUT2D eigenvalue weighted by Crippen LogP contribution is -2.36. The van der Waals surface area contributed by atoms with Crippen LogP contribution in [0.1, 0.15) is 29.2 Å². The highest BCUT2D eigenvalue weighted by molar-refractivity contribution is 6.30. The maximum atomic E-state index is 13.6. The van der Waals surface area contributed by atoms with E-state index < -0.39 is 35.7 Å². The number of carbonyl (C=O) groups is 2. The van der Waals surface area contributed by atoms with Crippen LogP contribution in [-0.4, -0.2) is 34.0 Å². The van der Waals surface area contributed by atoms with Crippen LogP contribution >= 0.6 is 11.6 Å². The summed E-state index contributed by atoms with van der Waals surface area (Å²) in [5.74, 6) is -2.50. The normalized spacial score (nSPS) is 16.5. The number of halogens is 3. The molecule has 1 aliphatic rings. The fraction of sp³-hybridized carbons (Fsp3) is 0.259. The number of carboxylic acids is 1. The molecule has 1 atom stereocenters. The van der Waals surface area contributed by atoms with Gasteiger partial charge >= 0.3 is 5.97 Å². The third-order valence-corrected chi connectivity index (χ3v) is 6.12. The van der Waals surface area contributed by atoms with Gasteiger partial charge < -0.3 is 14.7 Å². The molecule has 1 aliphatic heterocycles. The highest BCUT2D eigenvalue weighted by Gasteiger charge is 2.35. The average Bonchev–Trinajstić information content (AvgIpc) is 3.09. The van der Waals surface area contributed by atoms with Gasteiger partial charge in [-0.25, -0.2) is 8.78 Å². The molecule has 4 rings (SSSR count). The number of fused-ring (bicyclic) bond motifs is 1. The van der Waals surface area contributed by atoms with Crippen LogP contribution in [0.25, 0.3) is 0 Å². The van der Waals surface area contributed by atoms with Gasteiger partial charge in [-0.3, -0.25) is 9.59 Å². The van der Waals surface area contributed by atoms with Crippen LogP contribution in [0.4, 0.5) is 8.78 Å². The van der Waals surface area contributed by atoms with E-state index in [0.29, 0.717) is 23.4 Å².